The Morgan fingerprint density at radius 1 is 1.06 bits per heavy atom. The molecule has 0 saturated carbocycles. The predicted molar refractivity (Wildman–Crippen MR) is 70.4 cm³/mol. The van der Waals surface area contributed by atoms with Gasteiger partial charge in [-0.2, -0.15) is 4.99 Å². The number of methoxy groups -OCH3 is 1. The Morgan fingerprint density at radius 2 is 1.67 bits per heavy atom. The van der Waals surface area contributed by atoms with Gasteiger partial charge in [0.2, 0.25) is 0 Å². The van der Waals surface area contributed by atoms with Gasteiger partial charge >= 0.3 is 6.08 Å². The van der Waals surface area contributed by atoms with Crippen molar-refractivity contribution in [1.82, 2.24) is 0 Å². The highest BCUT2D eigenvalue weighted by Gasteiger charge is 2.49. The van der Waals surface area contributed by atoms with Crippen molar-refractivity contribution in [2.75, 3.05) is 7.11 Å². The number of nitrogens with zero attached hydrogens (tertiary/aromatic N) is 1. The third kappa shape index (κ3) is 2.28. The van der Waals surface area contributed by atoms with E-state index >= 15 is 0 Å². The molecule has 18 heavy (non-hydrogen) atoms. The largest absolute Gasteiger partial charge is 0.497 e. The van der Waals surface area contributed by atoms with Gasteiger partial charge in [-0.15, -0.1) is 0 Å². The van der Waals surface area contributed by atoms with Crippen LogP contribution in [0.4, 0.5) is 5.69 Å². The minimum atomic E-state index is -0.398. The molecule has 1 fully saturated rings. The van der Waals surface area contributed by atoms with Crippen molar-refractivity contribution in [1.29, 1.82) is 0 Å². The van der Waals surface area contributed by atoms with E-state index in [1.807, 2.05) is 52.0 Å². The van der Waals surface area contributed by atoms with Gasteiger partial charge in [0.15, 0.2) is 0 Å². The van der Waals surface area contributed by atoms with Crippen molar-refractivity contribution in [2.24, 2.45) is 4.99 Å². The Labute approximate surface area is 108 Å². The summed E-state index contributed by atoms with van der Waals surface area (Å²) in [5.41, 5.74) is -0.0482. The molecule has 0 unspecified atom stereocenters. The summed E-state index contributed by atoms with van der Waals surface area (Å²) in [7, 11) is 1.63. The molecule has 0 atom stereocenters. The molecule has 0 spiro atoms. The molecule has 0 radical (unpaired) electrons. The van der Waals surface area contributed by atoms with E-state index in [1.54, 1.807) is 7.11 Å². The summed E-state index contributed by atoms with van der Waals surface area (Å²) in [6.07, 6.45) is 0.304. The van der Waals surface area contributed by atoms with Crippen LogP contribution in [0.25, 0.3) is 0 Å². The summed E-state index contributed by atoms with van der Waals surface area (Å²) in [5, 5.41) is 0. The van der Waals surface area contributed by atoms with Crippen LogP contribution < -0.4 is 4.74 Å². The lowest BCUT2D eigenvalue weighted by atomic mass is 9.90. The van der Waals surface area contributed by atoms with E-state index in [0.717, 1.165) is 11.4 Å². The Balaban J connectivity index is 2.25. The first kappa shape index (κ1) is 12.7. The second-order valence-corrected chi connectivity index (χ2v) is 5.30. The lowest BCUT2D eigenvalue weighted by Gasteiger charge is -2.28. The van der Waals surface area contributed by atoms with E-state index in [4.69, 9.17) is 14.2 Å². The number of hydrogen-bond acceptors (Lipinski definition) is 4. The molecule has 0 bridgehead atoms. The van der Waals surface area contributed by atoms with Gasteiger partial charge in [-0.1, -0.05) is 6.07 Å². The number of rotatable bonds is 2. The van der Waals surface area contributed by atoms with Crippen LogP contribution in [0.5, 0.6) is 5.75 Å². The summed E-state index contributed by atoms with van der Waals surface area (Å²) in [5.74, 6) is 0.758. The van der Waals surface area contributed by atoms with Crippen LogP contribution in [0.1, 0.15) is 27.7 Å². The van der Waals surface area contributed by atoms with Crippen LogP contribution in [0.3, 0.4) is 0 Å². The molecule has 1 aliphatic heterocycles. The Hall–Kier alpha value is -1.71. The first-order valence-electron chi connectivity index (χ1n) is 5.95. The van der Waals surface area contributed by atoms with Crippen molar-refractivity contribution < 1.29 is 14.2 Å². The Morgan fingerprint density at radius 3 is 2.22 bits per heavy atom. The summed E-state index contributed by atoms with van der Waals surface area (Å²) in [6.45, 7) is 7.95. The first-order valence-corrected chi connectivity index (χ1v) is 5.95. The van der Waals surface area contributed by atoms with Crippen LogP contribution in [0.2, 0.25) is 0 Å². The highest BCUT2D eigenvalue weighted by molar-refractivity contribution is 5.74. The minimum Gasteiger partial charge on any atom is -0.497 e. The molecular formula is C14H19NO3. The van der Waals surface area contributed by atoms with Crippen LogP contribution in [0.15, 0.2) is 29.3 Å². The van der Waals surface area contributed by atoms with Gasteiger partial charge < -0.3 is 14.2 Å². The highest BCUT2D eigenvalue weighted by Crippen LogP contribution is 2.36. The van der Waals surface area contributed by atoms with Crippen LogP contribution in [0, 0.1) is 0 Å². The summed E-state index contributed by atoms with van der Waals surface area (Å²) in [6, 6.07) is 7.45. The molecule has 0 amide bonds. The molecule has 1 saturated heterocycles. The lowest BCUT2D eigenvalue weighted by Crippen LogP contribution is -2.41. The summed E-state index contributed by atoms with van der Waals surface area (Å²) in [4.78, 5) is 4.35. The van der Waals surface area contributed by atoms with Gasteiger partial charge in [0.25, 0.3) is 0 Å². The quantitative estimate of drug-likeness (QED) is 0.807. The van der Waals surface area contributed by atoms with E-state index in [2.05, 4.69) is 4.99 Å². The zero-order valence-corrected chi connectivity index (χ0v) is 11.5. The SMILES string of the molecule is COc1cccc(N=C2OC(C)(C)C(C)(C)O2)c1. The van der Waals surface area contributed by atoms with E-state index in [9.17, 15) is 0 Å². The normalized spacial score (nSPS) is 19.9. The second kappa shape index (κ2) is 4.19. The predicted octanol–water partition coefficient (Wildman–Crippen LogP) is 3.29. The number of ether oxygens (including phenoxy) is 3. The standard InChI is InChI=1S/C14H19NO3/c1-13(2)14(3,4)18-12(17-13)15-10-7-6-8-11(9-10)16-5/h6-9H,1-5H3. The molecule has 0 N–H and O–H groups in total. The highest BCUT2D eigenvalue weighted by atomic mass is 16.7. The van der Waals surface area contributed by atoms with Crippen molar-refractivity contribution in [2.45, 2.75) is 38.9 Å². The van der Waals surface area contributed by atoms with E-state index in [1.165, 1.54) is 0 Å². The third-order valence-corrected chi connectivity index (χ3v) is 3.41. The van der Waals surface area contributed by atoms with Gasteiger partial charge in [0, 0.05) is 6.07 Å². The smallest absolute Gasteiger partial charge is 0.390 e. The summed E-state index contributed by atoms with van der Waals surface area (Å²) < 4.78 is 16.6. The van der Waals surface area contributed by atoms with Crippen LogP contribution in [-0.2, 0) is 9.47 Å². The van der Waals surface area contributed by atoms with Gasteiger partial charge in [0.05, 0.1) is 12.8 Å². The number of aliphatic imine (C=N–C) groups is 1. The summed E-state index contributed by atoms with van der Waals surface area (Å²) >= 11 is 0. The Kier molecular flexibility index (Phi) is 2.97. The first-order chi connectivity index (χ1) is 8.34. The fourth-order valence-corrected chi connectivity index (χ4v) is 1.53. The number of benzene rings is 1. The maximum atomic E-state index is 5.73. The maximum absolute atomic E-state index is 5.73. The molecule has 4 heteroatoms. The Bertz CT molecular complexity index is 460. The minimum absolute atomic E-state index is 0.304. The van der Waals surface area contributed by atoms with E-state index < -0.39 is 11.2 Å². The second-order valence-electron chi connectivity index (χ2n) is 5.30. The third-order valence-electron chi connectivity index (χ3n) is 3.41. The fourth-order valence-electron chi connectivity index (χ4n) is 1.53. The lowest BCUT2D eigenvalue weighted by molar-refractivity contribution is 0.00578. The van der Waals surface area contributed by atoms with Gasteiger partial charge in [-0.25, -0.2) is 0 Å². The monoisotopic (exact) mass is 249 g/mol. The molecule has 0 aliphatic carbocycles. The molecule has 98 valence electrons. The zero-order valence-electron chi connectivity index (χ0n) is 11.5. The van der Waals surface area contributed by atoms with Gasteiger partial charge in [-0.05, 0) is 39.8 Å². The molecule has 4 nitrogen and oxygen atoms in total. The molecule has 0 aromatic heterocycles. The molecule has 2 rings (SSSR count). The van der Waals surface area contributed by atoms with E-state index in [-0.39, 0.29) is 0 Å². The van der Waals surface area contributed by atoms with Crippen LogP contribution in [-0.4, -0.2) is 24.4 Å². The van der Waals surface area contributed by atoms with Crippen molar-refractivity contribution in [3.05, 3.63) is 24.3 Å². The van der Waals surface area contributed by atoms with Gasteiger partial charge in [0.1, 0.15) is 17.0 Å². The zero-order chi connectivity index (χ0) is 13.4. The molecule has 1 heterocycles. The van der Waals surface area contributed by atoms with Gasteiger partial charge in [-0.3, -0.25) is 0 Å². The van der Waals surface area contributed by atoms with Crippen molar-refractivity contribution >= 4 is 11.8 Å². The van der Waals surface area contributed by atoms with Crippen LogP contribution >= 0.6 is 0 Å². The van der Waals surface area contributed by atoms with Crippen molar-refractivity contribution in [3.8, 4) is 5.75 Å². The molecular weight excluding hydrogens is 230 g/mol. The molecule has 1 aromatic carbocycles. The fraction of sp³-hybridized carbons (Fsp3) is 0.500. The number of hydrogen-bond donors (Lipinski definition) is 0. The topological polar surface area (TPSA) is 40.0 Å². The average Bonchev–Trinajstić information content (AvgIpc) is 2.47. The maximum Gasteiger partial charge on any atom is 0.390 e. The molecule has 1 aliphatic rings. The van der Waals surface area contributed by atoms with E-state index in [0.29, 0.717) is 6.08 Å². The average molecular weight is 249 g/mol. The molecule has 1 aromatic rings. The van der Waals surface area contributed by atoms with Crippen molar-refractivity contribution in [3.63, 3.8) is 0 Å².